The normalized spacial score (nSPS) is 18.5. The summed E-state index contributed by atoms with van der Waals surface area (Å²) in [6.07, 6.45) is 5.90. The van der Waals surface area contributed by atoms with Crippen LogP contribution in [0.2, 0.25) is 0 Å². The van der Waals surface area contributed by atoms with Gasteiger partial charge in [-0.3, -0.25) is 4.68 Å². The first-order valence-electron chi connectivity index (χ1n) is 8.37. The van der Waals surface area contributed by atoms with Gasteiger partial charge in [0.2, 0.25) is 0 Å². The second-order valence-corrected chi connectivity index (χ2v) is 7.21. The number of nitrogens with one attached hydrogen (secondary N) is 1. The predicted octanol–water partition coefficient (Wildman–Crippen LogP) is 2.72. The van der Waals surface area contributed by atoms with Gasteiger partial charge in [0, 0.05) is 36.5 Å². The van der Waals surface area contributed by atoms with Crippen LogP contribution in [0, 0.1) is 0 Å². The molecular formula is C17H24N4O2S. The summed E-state index contributed by atoms with van der Waals surface area (Å²) < 4.78 is 7.54. The van der Waals surface area contributed by atoms with E-state index in [1.54, 1.807) is 17.5 Å². The fourth-order valence-corrected chi connectivity index (χ4v) is 3.60. The molecule has 0 aliphatic carbocycles. The maximum atomic E-state index is 12.7. The minimum Gasteiger partial charge on any atom is -0.376 e. The highest BCUT2D eigenvalue weighted by molar-refractivity contribution is 7.09. The van der Waals surface area contributed by atoms with E-state index in [0.29, 0.717) is 19.6 Å². The van der Waals surface area contributed by atoms with Gasteiger partial charge in [0.1, 0.15) is 0 Å². The average molecular weight is 348 g/mol. The molecule has 130 valence electrons. The minimum absolute atomic E-state index is 0.00716. The van der Waals surface area contributed by atoms with Crippen LogP contribution in [0.5, 0.6) is 0 Å². The van der Waals surface area contributed by atoms with Gasteiger partial charge in [0.15, 0.2) is 0 Å². The van der Waals surface area contributed by atoms with Gasteiger partial charge in [-0.2, -0.15) is 5.10 Å². The van der Waals surface area contributed by atoms with E-state index < -0.39 is 0 Å². The van der Waals surface area contributed by atoms with Crippen LogP contribution in [0.1, 0.15) is 24.6 Å². The summed E-state index contributed by atoms with van der Waals surface area (Å²) in [6, 6.07) is 5.93. The van der Waals surface area contributed by atoms with Gasteiger partial charge in [-0.1, -0.05) is 6.07 Å². The second kappa shape index (κ2) is 8.30. The van der Waals surface area contributed by atoms with Crippen LogP contribution < -0.4 is 5.32 Å². The molecule has 6 nitrogen and oxygen atoms in total. The Kier molecular flexibility index (Phi) is 5.87. The molecule has 2 amide bonds. The molecule has 3 heterocycles. The number of carbonyl (C=O) groups excluding carboxylic acids is 1. The van der Waals surface area contributed by atoms with Crippen molar-refractivity contribution in [2.24, 2.45) is 0 Å². The Morgan fingerprint density at radius 2 is 2.50 bits per heavy atom. The molecule has 2 atom stereocenters. The molecule has 1 N–H and O–H groups in total. The van der Waals surface area contributed by atoms with Gasteiger partial charge in [-0.25, -0.2) is 4.79 Å². The zero-order valence-corrected chi connectivity index (χ0v) is 14.7. The van der Waals surface area contributed by atoms with Crippen molar-refractivity contribution in [2.75, 3.05) is 13.2 Å². The fourth-order valence-electron chi connectivity index (χ4n) is 2.88. The summed E-state index contributed by atoms with van der Waals surface area (Å²) in [7, 11) is 0. The van der Waals surface area contributed by atoms with E-state index >= 15 is 0 Å². The fraction of sp³-hybridized carbons (Fsp3) is 0.529. The van der Waals surface area contributed by atoms with Crippen molar-refractivity contribution in [3.63, 3.8) is 0 Å². The number of ether oxygens (including phenoxy) is 1. The lowest BCUT2D eigenvalue weighted by Gasteiger charge is -2.27. The quantitative estimate of drug-likeness (QED) is 0.837. The molecule has 2 aromatic rings. The van der Waals surface area contributed by atoms with E-state index in [2.05, 4.69) is 16.5 Å². The van der Waals surface area contributed by atoms with Crippen molar-refractivity contribution in [1.29, 1.82) is 0 Å². The number of carbonyl (C=O) groups is 1. The third-order valence-corrected chi connectivity index (χ3v) is 4.91. The van der Waals surface area contributed by atoms with Crippen molar-refractivity contribution in [2.45, 2.75) is 45.0 Å². The summed E-state index contributed by atoms with van der Waals surface area (Å²) >= 11 is 1.67. The molecule has 1 fully saturated rings. The molecule has 1 aliphatic heterocycles. The molecule has 0 bridgehead atoms. The van der Waals surface area contributed by atoms with Gasteiger partial charge < -0.3 is 15.0 Å². The molecule has 1 saturated heterocycles. The Balaban J connectivity index is 1.58. The molecule has 0 aromatic carbocycles. The van der Waals surface area contributed by atoms with E-state index in [9.17, 15) is 4.79 Å². The number of amides is 2. The van der Waals surface area contributed by atoms with E-state index in [1.807, 2.05) is 40.2 Å². The Morgan fingerprint density at radius 3 is 3.17 bits per heavy atom. The SMILES string of the molecule is C[C@H](Cn1cccn1)NC(=O)N(Cc1cccs1)C[C@H]1CCCO1. The number of hydrogen-bond donors (Lipinski definition) is 1. The highest BCUT2D eigenvalue weighted by atomic mass is 32.1. The molecule has 0 radical (unpaired) electrons. The first kappa shape index (κ1) is 17.0. The molecular weight excluding hydrogens is 324 g/mol. The van der Waals surface area contributed by atoms with Gasteiger partial charge in [0.25, 0.3) is 0 Å². The van der Waals surface area contributed by atoms with Crippen molar-refractivity contribution >= 4 is 17.4 Å². The Morgan fingerprint density at radius 1 is 1.58 bits per heavy atom. The van der Waals surface area contributed by atoms with Crippen LogP contribution in [0.15, 0.2) is 36.0 Å². The van der Waals surface area contributed by atoms with Crippen LogP contribution >= 0.6 is 11.3 Å². The zero-order valence-electron chi connectivity index (χ0n) is 13.9. The summed E-state index contributed by atoms with van der Waals surface area (Å²) in [5, 5.41) is 9.31. The lowest BCUT2D eigenvalue weighted by atomic mass is 10.2. The molecule has 0 saturated carbocycles. The number of hydrogen-bond acceptors (Lipinski definition) is 4. The number of urea groups is 1. The minimum atomic E-state index is -0.0430. The monoisotopic (exact) mass is 348 g/mol. The number of rotatable bonds is 7. The molecule has 0 spiro atoms. The Labute approximate surface area is 146 Å². The summed E-state index contributed by atoms with van der Waals surface area (Å²) in [5.74, 6) is 0. The first-order chi connectivity index (χ1) is 11.7. The molecule has 1 aliphatic rings. The van der Waals surface area contributed by atoms with Crippen molar-refractivity contribution in [3.8, 4) is 0 Å². The van der Waals surface area contributed by atoms with Crippen molar-refractivity contribution in [3.05, 3.63) is 40.8 Å². The van der Waals surface area contributed by atoms with Crippen LogP contribution in [0.4, 0.5) is 4.79 Å². The predicted molar refractivity (Wildman–Crippen MR) is 93.9 cm³/mol. The van der Waals surface area contributed by atoms with Gasteiger partial charge in [-0.05, 0) is 37.3 Å². The van der Waals surface area contributed by atoms with Gasteiger partial charge in [-0.15, -0.1) is 11.3 Å². The van der Waals surface area contributed by atoms with E-state index in [4.69, 9.17) is 4.74 Å². The smallest absolute Gasteiger partial charge is 0.318 e. The second-order valence-electron chi connectivity index (χ2n) is 6.17. The van der Waals surface area contributed by atoms with Crippen LogP contribution in [-0.4, -0.2) is 46.0 Å². The largest absolute Gasteiger partial charge is 0.376 e. The van der Waals surface area contributed by atoms with E-state index in [1.165, 1.54) is 4.88 Å². The van der Waals surface area contributed by atoms with Crippen LogP contribution in [0.3, 0.4) is 0 Å². The molecule has 24 heavy (non-hydrogen) atoms. The van der Waals surface area contributed by atoms with Crippen molar-refractivity contribution < 1.29 is 9.53 Å². The van der Waals surface area contributed by atoms with E-state index in [-0.39, 0.29) is 18.2 Å². The van der Waals surface area contributed by atoms with Gasteiger partial charge >= 0.3 is 6.03 Å². The number of nitrogens with zero attached hydrogens (tertiary/aromatic N) is 3. The highest BCUT2D eigenvalue weighted by Gasteiger charge is 2.24. The Hall–Kier alpha value is -1.86. The maximum absolute atomic E-state index is 12.7. The summed E-state index contributed by atoms with van der Waals surface area (Å²) in [6.45, 7) is 4.71. The number of aromatic nitrogens is 2. The third kappa shape index (κ3) is 4.82. The van der Waals surface area contributed by atoms with Crippen LogP contribution in [-0.2, 0) is 17.8 Å². The van der Waals surface area contributed by atoms with Gasteiger partial charge in [0.05, 0.1) is 19.2 Å². The molecule has 2 aromatic heterocycles. The summed E-state index contributed by atoms with van der Waals surface area (Å²) in [5.41, 5.74) is 0. The molecule has 0 unspecified atom stereocenters. The lowest BCUT2D eigenvalue weighted by molar-refractivity contribution is 0.0791. The first-order valence-corrected chi connectivity index (χ1v) is 9.25. The highest BCUT2D eigenvalue weighted by Crippen LogP contribution is 2.17. The third-order valence-electron chi connectivity index (χ3n) is 4.05. The molecule has 3 rings (SSSR count). The number of thiophene rings is 1. The lowest BCUT2D eigenvalue weighted by Crippen LogP contribution is -2.47. The zero-order chi connectivity index (χ0) is 16.8. The Bertz CT molecular complexity index is 609. The average Bonchev–Trinajstić information content (AvgIpc) is 3.30. The van der Waals surface area contributed by atoms with Crippen molar-refractivity contribution in [1.82, 2.24) is 20.0 Å². The topological polar surface area (TPSA) is 59.4 Å². The van der Waals surface area contributed by atoms with E-state index in [0.717, 1.165) is 19.4 Å². The summed E-state index contributed by atoms with van der Waals surface area (Å²) in [4.78, 5) is 15.8. The molecule has 7 heteroatoms. The van der Waals surface area contributed by atoms with Crippen LogP contribution in [0.25, 0.3) is 0 Å². The maximum Gasteiger partial charge on any atom is 0.318 e. The standard InChI is InChI=1S/C17H24N4O2S/c1-14(11-21-8-4-7-18-21)19-17(22)20(12-15-5-2-9-23-15)13-16-6-3-10-24-16/h3-4,6-8,10,14-15H,2,5,9,11-13H2,1H3,(H,19,22)/t14-,15-/m1/s1.